The minimum Gasteiger partial charge on any atom is -0.444 e. The molecule has 1 N–H and O–H groups in total. The van der Waals surface area contributed by atoms with Crippen LogP contribution in [0, 0.1) is 5.92 Å². The summed E-state index contributed by atoms with van der Waals surface area (Å²) in [5.41, 5.74) is 0.232. The highest BCUT2D eigenvalue weighted by Gasteiger charge is 2.26. The summed E-state index contributed by atoms with van der Waals surface area (Å²) in [7, 11) is -3.24. The van der Waals surface area contributed by atoms with E-state index in [1.54, 1.807) is 17.0 Å². The monoisotopic (exact) mass is 464 g/mol. The lowest BCUT2D eigenvalue weighted by Gasteiger charge is -2.33. The summed E-state index contributed by atoms with van der Waals surface area (Å²) in [6.07, 6.45) is 3.89. The van der Waals surface area contributed by atoms with Crippen molar-refractivity contribution < 1.29 is 22.5 Å². The van der Waals surface area contributed by atoms with Gasteiger partial charge >= 0.3 is 6.09 Å². The largest absolute Gasteiger partial charge is 0.444 e. The molecule has 1 aromatic heterocycles. The molecule has 3 rings (SSSR count). The number of likely N-dealkylation sites (tertiary alicyclic amines) is 1. The van der Waals surface area contributed by atoms with Crippen molar-refractivity contribution >= 4 is 15.9 Å². The summed E-state index contributed by atoms with van der Waals surface area (Å²) >= 11 is 0. The lowest BCUT2D eigenvalue weighted by Crippen LogP contribution is -2.42. The lowest BCUT2D eigenvalue weighted by molar-refractivity contribution is 0.0181. The third-order valence-electron chi connectivity index (χ3n) is 5.28. The van der Waals surface area contributed by atoms with Gasteiger partial charge in [-0.1, -0.05) is 5.16 Å². The number of carbonyl (C=O) groups is 1. The van der Waals surface area contributed by atoms with Crippen LogP contribution in [0.2, 0.25) is 0 Å². The van der Waals surface area contributed by atoms with Crippen LogP contribution in [0.4, 0.5) is 4.79 Å². The third kappa shape index (κ3) is 7.03. The standard InChI is InChI=1S/C22H32N4O5S/c1-22(2,3)30-21(27)26-13-10-16(11-14-26)9-12-23-15-19-24-20(25-31-19)17-5-7-18(8-6-17)32(4,28)29/h5-8,16,23H,9-15H2,1-4H3. The smallest absolute Gasteiger partial charge is 0.410 e. The molecule has 0 saturated carbocycles. The Morgan fingerprint density at radius 2 is 1.88 bits per heavy atom. The van der Waals surface area contributed by atoms with Gasteiger partial charge in [0.2, 0.25) is 11.7 Å². The predicted molar refractivity (Wildman–Crippen MR) is 120 cm³/mol. The first-order chi connectivity index (χ1) is 15.0. The number of hydrogen-bond acceptors (Lipinski definition) is 8. The maximum absolute atomic E-state index is 12.1. The topological polar surface area (TPSA) is 115 Å². The SMILES string of the molecule is CC(C)(C)OC(=O)N1CCC(CCNCc2nc(-c3ccc(S(C)(=O)=O)cc3)no2)CC1. The second-order valence-corrected chi connectivity index (χ2v) is 11.2. The Balaban J connectivity index is 1.38. The molecule has 1 aromatic carbocycles. The van der Waals surface area contributed by atoms with Crippen molar-refractivity contribution in [3.05, 3.63) is 30.2 Å². The zero-order valence-corrected chi connectivity index (χ0v) is 19.9. The molecule has 0 radical (unpaired) electrons. The van der Waals surface area contributed by atoms with Crippen LogP contribution in [0.3, 0.4) is 0 Å². The first-order valence-electron chi connectivity index (χ1n) is 10.8. The van der Waals surface area contributed by atoms with Crippen LogP contribution in [-0.4, -0.2) is 61.0 Å². The highest BCUT2D eigenvalue weighted by molar-refractivity contribution is 7.90. The van der Waals surface area contributed by atoms with Crippen LogP contribution in [0.15, 0.2) is 33.7 Å². The van der Waals surface area contributed by atoms with E-state index in [4.69, 9.17) is 9.26 Å². The Morgan fingerprint density at radius 1 is 1.22 bits per heavy atom. The molecule has 1 aliphatic heterocycles. The number of amides is 1. The summed E-state index contributed by atoms with van der Waals surface area (Å²) in [6, 6.07) is 6.41. The number of nitrogens with one attached hydrogen (secondary N) is 1. The van der Waals surface area contributed by atoms with Crippen molar-refractivity contribution in [1.82, 2.24) is 20.4 Å². The number of sulfone groups is 1. The number of carbonyl (C=O) groups excluding carboxylic acids is 1. The highest BCUT2D eigenvalue weighted by Crippen LogP contribution is 2.22. The summed E-state index contributed by atoms with van der Waals surface area (Å²) in [6.45, 7) is 8.37. The lowest BCUT2D eigenvalue weighted by atomic mass is 9.94. The molecule has 1 fully saturated rings. The molecule has 1 amide bonds. The number of piperidine rings is 1. The second kappa shape index (κ2) is 9.99. The minimum absolute atomic E-state index is 0.229. The van der Waals surface area contributed by atoms with E-state index in [2.05, 4.69) is 15.5 Å². The number of aromatic nitrogens is 2. The average molecular weight is 465 g/mol. The van der Waals surface area contributed by atoms with Gasteiger partial charge < -0.3 is 19.5 Å². The number of ether oxygens (including phenoxy) is 1. The quantitative estimate of drug-likeness (QED) is 0.621. The van der Waals surface area contributed by atoms with Gasteiger partial charge in [0.1, 0.15) is 5.60 Å². The van der Waals surface area contributed by atoms with Gasteiger partial charge in [-0.15, -0.1) is 0 Å². The van der Waals surface area contributed by atoms with Crippen LogP contribution >= 0.6 is 0 Å². The Bertz CT molecular complexity index is 1000. The zero-order chi connectivity index (χ0) is 23.4. The molecule has 1 saturated heterocycles. The van der Waals surface area contributed by atoms with E-state index in [0.717, 1.165) is 38.9 Å². The van der Waals surface area contributed by atoms with Crippen molar-refractivity contribution in [2.24, 2.45) is 5.92 Å². The first kappa shape index (κ1) is 24.2. The molecule has 0 unspecified atom stereocenters. The average Bonchev–Trinajstić information content (AvgIpc) is 3.19. The van der Waals surface area contributed by atoms with Crippen molar-refractivity contribution in [3.63, 3.8) is 0 Å². The van der Waals surface area contributed by atoms with Crippen molar-refractivity contribution in [3.8, 4) is 11.4 Å². The first-order valence-corrected chi connectivity index (χ1v) is 12.7. The van der Waals surface area contributed by atoms with Crippen molar-refractivity contribution in [1.29, 1.82) is 0 Å². The predicted octanol–water partition coefficient (Wildman–Crippen LogP) is 3.27. The number of nitrogens with zero attached hydrogens (tertiary/aromatic N) is 3. The van der Waals surface area contributed by atoms with Crippen LogP contribution in [0.1, 0.15) is 45.9 Å². The van der Waals surface area contributed by atoms with Crippen molar-refractivity contribution in [2.45, 2.75) is 57.1 Å². The van der Waals surface area contributed by atoms with E-state index in [-0.39, 0.29) is 11.0 Å². The van der Waals surface area contributed by atoms with E-state index < -0.39 is 15.4 Å². The van der Waals surface area contributed by atoms with E-state index >= 15 is 0 Å². The van der Waals surface area contributed by atoms with E-state index in [0.29, 0.717) is 29.7 Å². The number of rotatable bonds is 7. The molecule has 2 aromatic rings. The van der Waals surface area contributed by atoms with Gasteiger partial charge in [0.25, 0.3) is 0 Å². The summed E-state index contributed by atoms with van der Waals surface area (Å²) in [4.78, 5) is 18.6. The van der Waals surface area contributed by atoms with E-state index in [1.807, 2.05) is 20.8 Å². The molecule has 10 heteroatoms. The molecule has 2 heterocycles. The number of hydrogen-bond donors (Lipinski definition) is 1. The fourth-order valence-electron chi connectivity index (χ4n) is 3.53. The zero-order valence-electron chi connectivity index (χ0n) is 19.1. The molecule has 0 atom stereocenters. The van der Waals surface area contributed by atoms with Crippen LogP contribution in [0.5, 0.6) is 0 Å². The molecule has 0 bridgehead atoms. The van der Waals surface area contributed by atoms with E-state index in [1.165, 1.54) is 18.4 Å². The van der Waals surface area contributed by atoms with Crippen molar-refractivity contribution in [2.75, 3.05) is 25.9 Å². The second-order valence-electron chi connectivity index (χ2n) is 9.18. The maximum atomic E-state index is 12.1. The van der Waals surface area contributed by atoms with Gasteiger partial charge in [-0.25, -0.2) is 13.2 Å². The van der Waals surface area contributed by atoms with Crippen LogP contribution < -0.4 is 5.32 Å². The van der Waals surface area contributed by atoms with Gasteiger partial charge in [0.05, 0.1) is 11.4 Å². The Labute approximate surface area is 189 Å². The molecule has 0 spiro atoms. The molecular formula is C22H32N4O5S. The Hall–Kier alpha value is -2.46. The third-order valence-corrected chi connectivity index (χ3v) is 6.41. The van der Waals surface area contributed by atoms with Crippen LogP contribution in [-0.2, 0) is 21.1 Å². The van der Waals surface area contributed by atoms with E-state index in [9.17, 15) is 13.2 Å². The summed E-state index contributed by atoms with van der Waals surface area (Å²) in [5.74, 6) is 1.47. The van der Waals surface area contributed by atoms with Gasteiger partial charge in [0, 0.05) is 24.9 Å². The van der Waals surface area contributed by atoms with Gasteiger partial charge in [0.15, 0.2) is 9.84 Å². The maximum Gasteiger partial charge on any atom is 0.410 e. The molecule has 9 nitrogen and oxygen atoms in total. The molecular weight excluding hydrogens is 432 g/mol. The molecule has 1 aliphatic rings. The van der Waals surface area contributed by atoms with Gasteiger partial charge in [-0.3, -0.25) is 0 Å². The van der Waals surface area contributed by atoms with Gasteiger partial charge in [-0.2, -0.15) is 4.98 Å². The van der Waals surface area contributed by atoms with Gasteiger partial charge in [-0.05, 0) is 76.8 Å². The molecule has 0 aliphatic carbocycles. The molecule has 32 heavy (non-hydrogen) atoms. The Kier molecular flexibility index (Phi) is 7.55. The Morgan fingerprint density at radius 3 is 2.47 bits per heavy atom. The highest BCUT2D eigenvalue weighted by atomic mass is 32.2. The van der Waals surface area contributed by atoms with Crippen LogP contribution in [0.25, 0.3) is 11.4 Å². The summed E-state index contributed by atoms with van der Waals surface area (Å²) in [5, 5.41) is 7.30. The number of benzene rings is 1. The fraction of sp³-hybridized carbons (Fsp3) is 0.591. The fourth-order valence-corrected chi connectivity index (χ4v) is 4.16. The molecule has 176 valence electrons. The minimum atomic E-state index is -3.24. The summed E-state index contributed by atoms with van der Waals surface area (Å²) < 4.78 is 33.8. The normalized spacial score (nSPS) is 15.7.